The first-order chi connectivity index (χ1) is 12.5. The highest BCUT2D eigenvalue weighted by Crippen LogP contribution is 2.22. The molecular formula is C21H17N3OS. The lowest BCUT2D eigenvalue weighted by molar-refractivity contribution is 0.968. The van der Waals surface area contributed by atoms with E-state index < -0.39 is 0 Å². The number of benzene rings is 2. The van der Waals surface area contributed by atoms with Gasteiger partial charge in [0, 0.05) is 29.7 Å². The molecule has 0 aliphatic carbocycles. The van der Waals surface area contributed by atoms with Gasteiger partial charge >= 0.3 is 0 Å². The summed E-state index contributed by atoms with van der Waals surface area (Å²) >= 11 is 1.45. The monoisotopic (exact) mass is 359 g/mol. The molecule has 0 saturated carbocycles. The molecule has 0 unspecified atom stereocenters. The quantitative estimate of drug-likeness (QED) is 0.459. The summed E-state index contributed by atoms with van der Waals surface area (Å²) in [4.78, 5) is 18.5. The molecule has 0 aliphatic rings. The smallest absolute Gasteiger partial charge is 0.274 e. The number of fused-ring (bicyclic) bond motifs is 4. The molecule has 2 aromatic carbocycles. The first kappa shape index (κ1) is 15.3. The normalized spacial score (nSPS) is 12.8. The highest BCUT2D eigenvalue weighted by atomic mass is 32.1. The Kier molecular flexibility index (Phi) is 3.12. The topological polar surface area (TPSA) is 39.3 Å². The van der Waals surface area contributed by atoms with Gasteiger partial charge in [-0.2, -0.15) is 0 Å². The van der Waals surface area contributed by atoms with Crippen molar-refractivity contribution in [2.24, 2.45) is 7.05 Å². The van der Waals surface area contributed by atoms with Crippen molar-refractivity contribution in [1.82, 2.24) is 14.0 Å². The molecule has 0 fully saturated rings. The Hall–Kier alpha value is -2.92. The van der Waals surface area contributed by atoms with Gasteiger partial charge in [0.1, 0.15) is 0 Å². The number of para-hydroxylation sites is 1. The van der Waals surface area contributed by atoms with Crippen LogP contribution in [0.5, 0.6) is 0 Å². The fourth-order valence-corrected chi connectivity index (χ4v) is 4.53. The Morgan fingerprint density at radius 2 is 1.85 bits per heavy atom. The van der Waals surface area contributed by atoms with Gasteiger partial charge < -0.3 is 4.57 Å². The van der Waals surface area contributed by atoms with Crippen molar-refractivity contribution in [2.45, 2.75) is 13.8 Å². The van der Waals surface area contributed by atoms with E-state index in [-0.39, 0.29) is 5.56 Å². The van der Waals surface area contributed by atoms with Crippen molar-refractivity contribution < 1.29 is 0 Å². The molecule has 0 radical (unpaired) electrons. The van der Waals surface area contributed by atoms with Crippen LogP contribution in [-0.2, 0) is 7.05 Å². The van der Waals surface area contributed by atoms with E-state index >= 15 is 0 Å². The van der Waals surface area contributed by atoms with E-state index in [1.807, 2.05) is 25.3 Å². The van der Waals surface area contributed by atoms with Crippen LogP contribution in [0.1, 0.15) is 16.7 Å². The Morgan fingerprint density at radius 1 is 1.08 bits per heavy atom. The average molecular weight is 359 g/mol. The largest absolute Gasteiger partial charge is 0.350 e. The fourth-order valence-electron chi connectivity index (χ4n) is 3.55. The summed E-state index contributed by atoms with van der Waals surface area (Å²) in [6.45, 7) is 4.13. The summed E-state index contributed by atoms with van der Waals surface area (Å²) in [7, 11) is 2.03. The maximum Gasteiger partial charge on any atom is 0.274 e. The summed E-state index contributed by atoms with van der Waals surface area (Å²) < 4.78 is 4.54. The van der Waals surface area contributed by atoms with Crippen LogP contribution in [0.2, 0.25) is 0 Å². The molecule has 0 spiro atoms. The standard InChI is InChI=1S/C21H17N3OS/c1-12-8-16-18(9-13(12)2)24-20(25)19(26-21(24)22-16)10-14-11-23(3)17-7-5-4-6-15(14)17/h4-11H,1-3H3/b19-10+. The molecule has 0 atom stereocenters. The van der Waals surface area contributed by atoms with E-state index in [0.717, 1.165) is 32.5 Å². The summed E-state index contributed by atoms with van der Waals surface area (Å²) in [5, 5.41) is 1.15. The zero-order chi connectivity index (χ0) is 18.0. The predicted molar refractivity (Wildman–Crippen MR) is 108 cm³/mol. The fraction of sp³-hybridized carbons (Fsp3) is 0.143. The second-order valence-corrected chi connectivity index (χ2v) is 7.79. The first-order valence-electron chi connectivity index (χ1n) is 8.51. The number of imidazole rings is 1. The van der Waals surface area contributed by atoms with E-state index in [0.29, 0.717) is 4.53 Å². The third-order valence-electron chi connectivity index (χ3n) is 5.07. The number of nitrogens with zero attached hydrogens (tertiary/aromatic N) is 3. The second-order valence-electron chi connectivity index (χ2n) is 6.78. The van der Waals surface area contributed by atoms with Crippen LogP contribution >= 0.6 is 11.3 Å². The van der Waals surface area contributed by atoms with Crippen molar-refractivity contribution in [2.75, 3.05) is 0 Å². The van der Waals surface area contributed by atoms with Crippen LogP contribution in [0, 0.1) is 13.8 Å². The van der Waals surface area contributed by atoms with Crippen LogP contribution in [-0.4, -0.2) is 14.0 Å². The van der Waals surface area contributed by atoms with E-state index in [9.17, 15) is 4.79 Å². The van der Waals surface area contributed by atoms with Crippen molar-refractivity contribution in [1.29, 1.82) is 0 Å². The third kappa shape index (κ3) is 2.07. The van der Waals surface area contributed by atoms with Gasteiger partial charge in [-0.15, -0.1) is 0 Å². The Balaban J connectivity index is 1.82. The molecule has 3 heterocycles. The van der Waals surface area contributed by atoms with E-state index in [4.69, 9.17) is 0 Å². The van der Waals surface area contributed by atoms with Gasteiger partial charge in [0.05, 0.1) is 15.6 Å². The molecule has 4 nitrogen and oxygen atoms in total. The van der Waals surface area contributed by atoms with Crippen LogP contribution in [0.25, 0.3) is 33.0 Å². The number of rotatable bonds is 1. The SMILES string of the molecule is Cc1cc2nc3s/c(=C/c4cn(C)c5ccccc45)c(=O)n3c2cc1C. The Labute approximate surface area is 153 Å². The summed E-state index contributed by atoms with van der Waals surface area (Å²) in [5.41, 5.74) is 6.35. The molecule has 26 heavy (non-hydrogen) atoms. The molecule has 0 bridgehead atoms. The van der Waals surface area contributed by atoms with Crippen molar-refractivity contribution in [3.63, 3.8) is 0 Å². The van der Waals surface area contributed by atoms with Crippen LogP contribution < -0.4 is 10.1 Å². The van der Waals surface area contributed by atoms with E-state index in [2.05, 4.69) is 53.9 Å². The van der Waals surface area contributed by atoms with Gasteiger partial charge in [0.2, 0.25) is 0 Å². The lowest BCUT2D eigenvalue weighted by Crippen LogP contribution is -2.22. The van der Waals surface area contributed by atoms with Gasteiger partial charge in [0.15, 0.2) is 4.96 Å². The lowest BCUT2D eigenvalue weighted by atomic mass is 10.1. The molecule has 3 aromatic heterocycles. The highest BCUT2D eigenvalue weighted by molar-refractivity contribution is 7.15. The minimum atomic E-state index is 0.00341. The van der Waals surface area contributed by atoms with Crippen LogP contribution in [0.3, 0.4) is 0 Å². The zero-order valence-corrected chi connectivity index (χ0v) is 15.6. The number of aromatic nitrogens is 3. The van der Waals surface area contributed by atoms with Gasteiger partial charge in [-0.25, -0.2) is 9.38 Å². The minimum absolute atomic E-state index is 0.00341. The molecule has 128 valence electrons. The lowest BCUT2D eigenvalue weighted by Gasteiger charge is -1.98. The number of hydrogen-bond acceptors (Lipinski definition) is 3. The first-order valence-corrected chi connectivity index (χ1v) is 9.32. The maximum atomic E-state index is 13.0. The van der Waals surface area contributed by atoms with E-state index in [1.54, 1.807) is 4.40 Å². The van der Waals surface area contributed by atoms with E-state index in [1.165, 1.54) is 22.5 Å². The summed E-state index contributed by atoms with van der Waals surface area (Å²) in [6.07, 6.45) is 4.05. The summed E-state index contributed by atoms with van der Waals surface area (Å²) in [6, 6.07) is 12.3. The average Bonchev–Trinajstić information content (AvgIpc) is 3.22. The van der Waals surface area contributed by atoms with Gasteiger partial charge in [-0.05, 0) is 49.2 Å². The van der Waals surface area contributed by atoms with Gasteiger partial charge in [0.25, 0.3) is 5.56 Å². The molecule has 0 N–H and O–H groups in total. The predicted octanol–water partition coefficient (Wildman–Crippen LogP) is 3.57. The highest BCUT2D eigenvalue weighted by Gasteiger charge is 2.13. The van der Waals surface area contributed by atoms with Crippen molar-refractivity contribution >= 4 is 44.3 Å². The molecule has 0 aliphatic heterocycles. The summed E-state index contributed by atoms with van der Waals surface area (Å²) in [5.74, 6) is 0. The Bertz CT molecular complexity index is 1440. The minimum Gasteiger partial charge on any atom is -0.350 e. The molecule has 0 amide bonds. The molecule has 5 aromatic rings. The van der Waals surface area contributed by atoms with Gasteiger partial charge in [-0.1, -0.05) is 29.5 Å². The zero-order valence-electron chi connectivity index (χ0n) is 14.8. The maximum absolute atomic E-state index is 13.0. The number of thiazole rings is 1. The molecule has 0 saturated heterocycles. The van der Waals surface area contributed by atoms with Crippen molar-refractivity contribution in [3.05, 3.63) is 74.2 Å². The molecular weight excluding hydrogens is 342 g/mol. The Morgan fingerprint density at radius 3 is 2.69 bits per heavy atom. The third-order valence-corrected chi connectivity index (χ3v) is 6.04. The van der Waals surface area contributed by atoms with Crippen LogP contribution in [0.15, 0.2) is 47.4 Å². The van der Waals surface area contributed by atoms with Gasteiger partial charge in [-0.3, -0.25) is 4.79 Å². The molecule has 5 rings (SSSR count). The number of aryl methyl sites for hydroxylation is 3. The van der Waals surface area contributed by atoms with Crippen molar-refractivity contribution in [3.8, 4) is 0 Å². The molecule has 5 heteroatoms. The second kappa shape index (κ2) is 5.29. The number of hydrogen-bond donors (Lipinski definition) is 0. The van der Waals surface area contributed by atoms with Crippen LogP contribution in [0.4, 0.5) is 0 Å².